The van der Waals surface area contributed by atoms with E-state index in [0.29, 0.717) is 6.54 Å². The lowest BCUT2D eigenvalue weighted by Gasteiger charge is -2.15. The van der Waals surface area contributed by atoms with E-state index in [2.05, 4.69) is 25.8 Å². The number of hydrogen-bond donors (Lipinski definition) is 1. The monoisotopic (exact) mass is 287 g/mol. The van der Waals surface area contributed by atoms with Crippen molar-refractivity contribution in [1.29, 1.82) is 0 Å². The number of nitrogens with one attached hydrogen (secondary N) is 1. The highest BCUT2D eigenvalue weighted by Gasteiger charge is 2.25. The Morgan fingerprint density at radius 2 is 2.14 bits per heavy atom. The van der Waals surface area contributed by atoms with Gasteiger partial charge in [0.25, 0.3) is 7.52 Å². The molecule has 0 aromatic heterocycles. The molecule has 0 aromatic rings. The molecular weight excluding hydrogens is 273 g/mol. The summed E-state index contributed by atoms with van der Waals surface area (Å²) in [5, 5.41) is 3.52. The van der Waals surface area contributed by atoms with Crippen LogP contribution in [-0.2, 0) is 18.6 Å². The van der Waals surface area contributed by atoms with Crippen LogP contribution in [-0.4, -0.2) is 38.2 Å². The first-order valence-corrected chi connectivity index (χ1v) is 7.04. The van der Waals surface area contributed by atoms with Gasteiger partial charge >= 0.3 is 5.97 Å². The summed E-state index contributed by atoms with van der Waals surface area (Å²) in [5.74, 6) is -0.540. The third-order valence-electron chi connectivity index (χ3n) is 1.52. The number of alkyl halides is 1. The average Bonchev–Trinajstić information content (AvgIpc) is 2.18. The number of carbonyl (C=O) groups excluding carboxylic acids is 1. The molecule has 1 atom stereocenters. The Labute approximate surface area is 92.2 Å². The van der Waals surface area contributed by atoms with Gasteiger partial charge in [-0.25, -0.2) is 5.09 Å². The average molecular weight is 288 g/mol. The SMILES string of the molecule is COC(=O)CP(=O)(NCCCBr)OC. The summed E-state index contributed by atoms with van der Waals surface area (Å²) < 4.78 is 21.0. The van der Waals surface area contributed by atoms with Gasteiger partial charge in [-0.1, -0.05) is 15.9 Å². The van der Waals surface area contributed by atoms with E-state index in [1.54, 1.807) is 0 Å². The fraction of sp³-hybridized carbons (Fsp3) is 0.857. The molecule has 5 nitrogen and oxygen atoms in total. The molecule has 0 saturated heterocycles. The van der Waals surface area contributed by atoms with Crippen molar-refractivity contribution in [3.8, 4) is 0 Å². The Kier molecular flexibility index (Phi) is 7.45. The first kappa shape index (κ1) is 14.1. The van der Waals surface area contributed by atoms with Crippen LogP contribution in [0.5, 0.6) is 0 Å². The van der Waals surface area contributed by atoms with Gasteiger partial charge in [-0.05, 0) is 6.42 Å². The van der Waals surface area contributed by atoms with Gasteiger partial charge in [-0.2, -0.15) is 0 Å². The summed E-state index contributed by atoms with van der Waals surface area (Å²) in [7, 11) is -0.487. The molecular formula is C7H15BrNO4P. The van der Waals surface area contributed by atoms with E-state index in [1.807, 2.05) is 0 Å². The maximum atomic E-state index is 11.8. The summed E-state index contributed by atoms with van der Waals surface area (Å²) in [6, 6.07) is 0. The number of halogens is 1. The third-order valence-corrected chi connectivity index (χ3v) is 4.05. The molecule has 0 aliphatic carbocycles. The molecule has 0 rings (SSSR count). The topological polar surface area (TPSA) is 64.6 Å². The molecule has 0 radical (unpaired) electrons. The van der Waals surface area contributed by atoms with E-state index < -0.39 is 13.5 Å². The Bertz CT molecular complexity index is 224. The molecule has 1 unspecified atom stereocenters. The minimum Gasteiger partial charge on any atom is -0.469 e. The molecule has 0 amide bonds. The third kappa shape index (κ3) is 5.75. The second-order valence-electron chi connectivity index (χ2n) is 2.54. The largest absolute Gasteiger partial charge is 0.469 e. The van der Waals surface area contributed by atoms with E-state index in [4.69, 9.17) is 4.52 Å². The molecule has 1 N–H and O–H groups in total. The first-order chi connectivity index (χ1) is 6.58. The van der Waals surface area contributed by atoms with Crippen molar-refractivity contribution in [2.75, 3.05) is 32.3 Å². The molecule has 0 bridgehead atoms. The zero-order valence-corrected chi connectivity index (χ0v) is 10.8. The van der Waals surface area contributed by atoms with Crippen LogP contribution in [0.2, 0.25) is 0 Å². The molecule has 0 fully saturated rings. The summed E-state index contributed by atoms with van der Waals surface area (Å²) >= 11 is 3.24. The van der Waals surface area contributed by atoms with Crippen LogP contribution in [0.4, 0.5) is 0 Å². The normalized spacial score (nSPS) is 14.8. The number of rotatable bonds is 7. The van der Waals surface area contributed by atoms with Gasteiger partial charge in [0.15, 0.2) is 0 Å². The van der Waals surface area contributed by atoms with Crippen molar-refractivity contribution in [3.05, 3.63) is 0 Å². The number of ether oxygens (including phenoxy) is 1. The Morgan fingerprint density at radius 3 is 2.57 bits per heavy atom. The zero-order valence-electron chi connectivity index (χ0n) is 8.29. The fourth-order valence-electron chi connectivity index (χ4n) is 0.736. The van der Waals surface area contributed by atoms with Crippen molar-refractivity contribution in [2.24, 2.45) is 0 Å². The smallest absolute Gasteiger partial charge is 0.316 e. The van der Waals surface area contributed by atoms with E-state index in [0.717, 1.165) is 11.8 Å². The van der Waals surface area contributed by atoms with E-state index in [-0.39, 0.29) is 6.16 Å². The number of carbonyl (C=O) groups is 1. The van der Waals surface area contributed by atoms with Crippen LogP contribution >= 0.6 is 23.4 Å². The maximum absolute atomic E-state index is 11.8. The molecule has 0 aliphatic heterocycles. The van der Waals surface area contributed by atoms with Crippen LogP contribution in [0, 0.1) is 0 Å². The lowest BCUT2D eigenvalue weighted by Crippen LogP contribution is -2.20. The van der Waals surface area contributed by atoms with E-state index >= 15 is 0 Å². The Balaban J connectivity index is 4.05. The van der Waals surface area contributed by atoms with Crippen LogP contribution < -0.4 is 5.09 Å². The van der Waals surface area contributed by atoms with Crippen LogP contribution in [0.15, 0.2) is 0 Å². The highest BCUT2D eigenvalue weighted by Crippen LogP contribution is 2.40. The quantitative estimate of drug-likeness (QED) is 0.332. The van der Waals surface area contributed by atoms with Gasteiger partial charge in [0.05, 0.1) is 7.11 Å². The summed E-state index contributed by atoms with van der Waals surface area (Å²) in [4.78, 5) is 10.9. The molecule has 0 saturated carbocycles. The van der Waals surface area contributed by atoms with E-state index in [9.17, 15) is 9.36 Å². The standard InChI is InChI=1S/C7H15BrNO4P/c1-12-7(10)6-14(11,13-2)9-5-3-4-8/h3-6H2,1-2H3,(H,9,11). The van der Waals surface area contributed by atoms with Crippen molar-refractivity contribution in [1.82, 2.24) is 5.09 Å². The second-order valence-corrected chi connectivity index (χ2v) is 5.68. The molecule has 7 heteroatoms. The molecule has 0 aromatic carbocycles. The van der Waals surface area contributed by atoms with Crippen molar-refractivity contribution in [2.45, 2.75) is 6.42 Å². The summed E-state index contributed by atoms with van der Waals surface area (Å²) in [6.45, 7) is 0.535. The highest BCUT2D eigenvalue weighted by atomic mass is 79.9. The van der Waals surface area contributed by atoms with Crippen molar-refractivity contribution < 1.29 is 18.6 Å². The molecule has 14 heavy (non-hydrogen) atoms. The summed E-state index contributed by atoms with van der Waals surface area (Å²) in [6.07, 6.45) is 0.580. The minimum atomic E-state index is -3.05. The first-order valence-electron chi connectivity index (χ1n) is 4.10. The van der Waals surface area contributed by atoms with Crippen LogP contribution in [0.3, 0.4) is 0 Å². The van der Waals surface area contributed by atoms with Gasteiger partial charge in [-0.15, -0.1) is 0 Å². The van der Waals surface area contributed by atoms with Gasteiger partial charge in [0.1, 0.15) is 6.16 Å². The van der Waals surface area contributed by atoms with E-state index in [1.165, 1.54) is 14.2 Å². The molecule has 0 aliphatic rings. The highest BCUT2D eigenvalue weighted by molar-refractivity contribution is 9.09. The minimum absolute atomic E-state index is 0.234. The summed E-state index contributed by atoms with van der Waals surface area (Å²) in [5.41, 5.74) is 0. The van der Waals surface area contributed by atoms with Gasteiger partial charge < -0.3 is 9.26 Å². The number of hydrogen-bond acceptors (Lipinski definition) is 4. The molecule has 84 valence electrons. The second kappa shape index (κ2) is 7.40. The lowest BCUT2D eigenvalue weighted by molar-refractivity contribution is -0.137. The molecule has 0 heterocycles. The molecule has 0 spiro atoms. The fourth-order valence-corrected chi connectivity index (χ4v) is 2.35. The Hall–Kier alpha value is 0.1000. The predicted octanol–water partition coefficient (Wildman–Crippen LogP) is 1.37. The van der Waals surface area contributed by atoms with Gasteiger partial charge in [-0.3, -0.25) is 9.36 Å². The number of esters is 1. The zero-order chi connectivity index (χ0) is 11.0. The van der Waals surface area contributed by atoms with Crippen LogP contribution in [0.1, 0.15) is 6.42 Å². The van der Waals surface area contributed by atoms with Crippen molar-refractivity contribution in [3.63, 3.8) is 0 Å². The predicted molar refractivity (Wildman–Crippen MR) is 57.9 cm³/mol. The van der Waals surface area contributed by atoms with Gasteiger partial charge in [0, 0.05) is 19.0 Å². The maximum Gasteiger partial charge on any atom is 0.316 e. The number of methoxy groups -OCH3 is 1. The van der Waals surface area contributed by atoms with Gasteiger partial charge in [0.2, 0.25) is 0 Å². The Morgan fingerprint density at radius 1 is 1.50 bits per heavy atom. The van der Waals surface area contributed by atoms with Crippen LogP contribution in [0.25, 0.3) is 0 Å². The van der Waals surface area contributed by atoms with Crippen molar-refractivity contribution >= 4 is 29.4 Å². The lowest BCUT2D eigenvalue weighted by atomic mass is 10.5.